The number of aromatic nitrogens is 4. The van der Waals surface area contributed by atoms with Gasteiger partial charge in [-0.3, -0.25) is 4.79 Å². The summed E-state index contributed by atoms with van der Waals surface area (Å²) in [5.74, 6) is -1.28. The van der Waals surface area contributed by atoms with Gasteiger partial charge in [-0.1, -0.05) is 17.3 Å². The average Bonchev–Trinajstić information content (AvgIpc) is 3.26. The van der Waals surface area contributed by atoms with E-state index in [9.17, 15) is 13.6 Å². The number of carbonyl (C=O) groups is 1. The van der Waals surface area contributed by atoms with Crippen molar-refractivity contribution in [1.29, 1.82) is 0 Å². The number of nitrogens with one attached hydrogen (secondary N) is 2. The first-order valence-electron chi connectivity index (χ1n) is 7.23. The van der Waals surface area contributed by atoms with Crippen LogP contribution in [0.4, 0.5) is 8.78 Å². The van der Waals surface area contributed by atoms with Gasteiger partial charge < -0.3 is 10.2 Å². The van der Waals surface area contributed by atoms with Gasteiger partial charge in [0.2, 0.25) is 6.10 Å². The first-order valence-corrected chi connectivity index (χ1v) is 7.23. The molecule has 0 saturated heterocycles. The normalized spacial score (nSPS) is 18.0. The van der Waals surface area contributed by atoms with Gasteiger partial charge >= 0.3 is 0 Å². The van der Waals surface area contributed by atoms with Gasteiger partial charge in [-0.2, -0.15) is 5.21 Å². The fraction of sp³-hybridized carbons (Fsp3) is 0.357. The second-order valence-corrected chi connectivity index (χ2v) is 5.38. The summed E-state index contributed by atoms with van der Waals surface area (Å²) in [7, 11) is 0. The highest BCUT2D eigenvalue weighted by Gasteiger charge is 2.30. The fourth-order valence-corrected chi connectivity index (χ4v) is 2.23. The quantitative estimate of drug-likeness (QED) is 0.844. The van der Waals surface area contributed by atoms with E-state index >= 15 is 0 Å². The molecule has 1 aromatic heterocycles. The van der Waals surface area contributed by atoms with Gasteiger partial charge in [0.1, 0.15) is 11.6 Å². The predicted octanol–water partition coefficient (Wildman–Crippen LogP) is 0.891. The number of carbonyl (C=O) groups excluding carboxylic acids is 1. The van der Waals surface area contributed by atoms with Crippen molar-refractivity contribution in [2.45, 2.75) is 25.4 Å². The van der Waals surface area contributed by atoms with E-state index in [1.54, 1.807) is 0 Å². The van der Waals surface area contributed by atoms with Crippen LogP contribution in [0, 0.1) is 11.6 Å². The summed E-state index contributed by atoms with van der Waals surface area (Å²) in [6, 6.07) is 3.04. The Balaban J connectivity index is 1.56. The van der Waals surface area contributed by atoms with E-state index in [1.807, 2.05) is 6.92 Å². The molecule has 0 radical (unpaired) electrons. The number of amides is 1. The predicted molar refractivity (Wildman–Crippen MR) is 78.0 cm³/mol. The number of hydrogen-bond donors (Lipinski definition) is 2. The summed E-state index contributed by atoms with van der Waals surface area (Å²) in [5, 5.41) is 19.8. The van der Waals surface area contributed by atoms with Crippen LogP contribution in [0.1, 0.15) is 30.7 Å². The van der Waals surface area contributed by atoms with Crippen LogP contribution < -0.4 is 5.32 Å². The van der Waals surface area contributed by atoms with Crippen molar-refractivity contribution < 1.29 is 18.4 Å². The average molecular weight is 336 g/mol. The molecule has 8 nitrogen and oxygen atoms in total. The summed E-state index contributed by atoms with van der Waals surface area (Å²) in [4.78, 5) is 17.1. The van der Waals surface area contributed by atoms with E-state index in [1.165, 1.54) is 0 Å². The summed E-state index contributed by atoms with van der Waals surface area (Å²) >= 11 is 0. The van der Waals surface area contributed by atoms with E-state index in [2.05, 4.69) is 31.1 Å². The van der Waals surface area contributed by atoms with Crippen molar-refractivity contribution in [2.24, 2.45) is 5.16 Å². The van der Waals surface area contributed by atoms with Crippen molar-refractivity contribution in [3.63, 3.8) is 0 Å². The molecule has 0 saturated carbocycles. The zero-order chi connectivity index (χ0) is 17.1. The smallest absolute Gasteiger partial charge is 0.264 e. The number of benzene rings is 1. The van der Waals surface area contributed by atoms with Crippen LogP contribution in [0.25, 0.3) is 0 Å². The number of aromatic amines is 1. The number of H-pyrrole nitrogens is 1. The maximum absolute atomic E-state index is 13.7. The lowest BCUT2D eigenvalue weighted by atomic mass is 10.0. The Morgan fingerprint density at radius 3 is 3.08 bits per heavy atom. The monoisotopic (exact) mass is 336 g/mol. The molecule has 10 heteroatoms. The highest BCUT2D eigenvalue weighted by atomic mass is 19.1. The molecule has 0 bridgehead atoms. The van der Waals surface area contributed by atoms with Gasteiger partial charge in [0.05, 0.1) is 5.71 Å². The molecule has 126 valence electrons. The first kappa shape index (κ1) is 16.0. The minimum atomic E-state index is -0.889. The first-order chi connectivity index (χ1) is 11.5. The molecule has 2 heterocycles. The zero-order valence-electron chi connectivity index (χ0n) is 12.7. The molecule has 0 unspecified atom stereocenters. The lowest BCUT2D eigenvalue weighted by molar-refractivity contribution is -0.131. The molecular weight excluding hydrogens is 322 g/mol. The fourth-order valence-electron chi connectivity index (χ4n) is 2.23. The molecule has 3 rings (SSSR count). The number of oxime groups is 1. The van der Waals surface area contributed by atoms with E-state index in [0.717, 1.165) is 18.2 Å². The van der Waals surface area contributed by atoms with Crippen LogP contribution in [0.5, 0.6) is 0 Å². The Morgan fingerprint density at radius 2 is 2.33 bits per heavy atom. The number of halogens is 2. The summed E-state index contributed by atoms with van der Waals surface area (Å²) < 4.78 is 27.0. The van der Waals surface area contributed by atoms with Crippen LogP contribution >= 0.6 is 0 Å². The maximum Gasteiger partial charge on any atom is 0.264 e. The Kier molecular flexibility index (Phi) is 4.45. The molecule has 2 atom stereocenters. The van der Waals surface area contributed by atoms with E-state index in [0.29, 0.717) is 5.82 Å². The number of rotatable bonds is 5. The second kappa shape index (κ2) is 6.69. The Hall–Kier alpha value is -2.91. The van der Waals surface area contributed by atoms with E-state index in [-0.39, 0.29) is 30.2 Å². The largest absolute Gasteiger partial charge is 0.382 e. The standard InChI is InChI=1S/C14H14F2N6O2/c1-7(13-18-21-22-19-13)6-17-14(23)12-5-11(20-24-12)9-4-8(15)2-3-10(9)16/h2-4,7,12H,5-6H2,1H3,(H,17,23)(H,18,19,21,22)/t7-,12+/m1/s1. The van der Waals surface area contributed by atoms with Crippen LogP contribution in [-0.2, 0) is 9.63 Å². The SMILES string of the molecule is C[C@H](CNC(=O)[C@@H]1CC(c2cc(F)ccc2F)=NO1)c1nn[nH]n1. The third-order valence-electron chi connectivity index (χ3n) is 3.59. The van der Waals surface area contributed by atoms with E-state index < -0.39 is 23.6 Å². The molecule has 1 aromatic carbocycles. The van der Waals surface area contributed by atoms with E-state index in [4.69, 9.17) is 4.84 Å². The molecule has 0 spiro atoms. The number of nitrogens with zero attached hydrogens (tertiary/aromatic N) is 4. The van der Waals surface area contributed by atoms with Gasteiger partial charge in [-0.05, 0) is 18.2 Å². The van der Waals surface area contributed by atoms with Gasteiger partial charge in [0.15, 0.2) is 5.82 Å². The third-order valence-corrected chi connectivity index (χ3v) is 3.59. The van der Waals surface area contributed by atoms with Crippen LogP contribution in [0.15, 0.2) is 23.4 Å². The molecule has 1 aliphatic heterocycles. The maximum atomic E-state index is 13.7. The van der Waals surface area contributed by atoms with Crippen LogP contribution in [0.3, 0.4) is 0 Å². The lowest BCUT2D eigenvalue weighted by Gasteiger charge is -2.12. The summed E-state index contributed by atoms with van der Waals surface area (Å²) in [6.07, 6.45) is -0.830. The molecule has 2 N–H and O–H groups in total. The number of tetrazole rings is 1. The van der Waals surface area contributed by atoms with Crippen molar-refractivity contribution in [1.82, 2.24) is 25.9 Å². The Morgan fingerprint density at radius 1 is 1.50 bits per heavy atom. The lowest BCUT2D eigenvalue weighted by Crippen LogP contribution is -2.37. The van der Waals surface area contributed by atoms with Crippen molar-refractivity contribution in [3.05, 3.63) is 41.2 Å². The van der Waals surface area contributed by atoms with Crippen molar-refractivity contribution in [2.75, 3.05) is 6.54 Å². The van der Waals surface area contributed by atoms with Gasteiger partial charge in [-0.15, -0.1) is 10.2 Å². The highest BCUT2D eigenvalue weighted by molar-refractivity contribution is 6.04. The number of hydrogen-bond acceptors (Lipinski definition) is 6. The summed E-state index contributed by atoms with van der Waals surface area (Å²) in [6.45, 7) is 2.10. The molecule has 0 fully saturated rings. The Bertz CT molecular complexity index is 765. The summed E-state index contributed by atoms with van der Waals surface area (Å²) in [5.41, 5.74) is 0.184. The zero-order valence-corrected chi connectivity index (χ0v) is 12.7. The van der Waals surface area contributed by atoms with Gasteiger partial charge in [-0.25, -0.2) is 8.78 Å². The molecular formula is C14H14F2N6O2. The third kappa shape index (κ3) is 3.36. The molecule has 2 aromatic rings. The van der Waals surface area contributed by atoms with Crippen LogP contribution in [-0.4, -0.2) is 44.9 Å². The molecule has 0 aliphatic carbocycles. The van der Waals surface area contributed by atoms with Crippen molar-refractivity contribution in [3.8, 4) is 0 Å². The molecule has 1 amide bonds. The minimum absolute atomic E-state index is 0.00883. The highest BCUT2D eigenvalue weighted by Crippen LogP contribution is 2.20. The van der Waals surface area contributed by atoms with Crippen molar-refractivity contribution >= 4 is 11.6 Å². The van der Waals surface area contributed by atoms with Gasteiger partial charge in [0, 0.05) is 24.4 Å². The molecule has 1 aliphatic rings. The topological polar surface area (TPSA) is 105 Å². The Labute approximate surface area is 135 Å². The van der Waals surface area contributed by atoms with Gasteiger partial charge in [0.25, 0.3) is 5.91 Å². The second-order valence-electron chi connectivity index (χ2n) is 5.38. The van der Waals surface area contributed by atoms with Crippen LogP contribution in [0.2, 0.25) is 0 Å². The molecule has 24 heavy (non-hydrogen) atoms. The minimum Gasteiger partial charge on any atom is -0.382 e.